The third kappa shape index (κ3) is 5.78. The standard InChI is InChI=1S/C36H36ClN5O3/c37-31-7-2-1-6-29(31)34(44)42(28-11-12-28)32-13-10-25-8-9-26(21-30(25)32)33(43)41-19-16-36(23-41)14-17-40(18-15-36)35(45)39-27-5-3-4-24(20-27)22-38/h1-9,20-21,28,32H,10-19,23H2,(H,39,45). The number of nitrogens with one attached hydrogen (secondary N) is 1. The van der Waals surface area contributed by atoms with Crippen LogP contribution < -0.4 is 5.32 Å². The van der Waals surface area contributed by atoms with Gasteiger partial charge in [-0.1, -0.05) is 35.9 Å². The topological polar surface area (TPSA) is 96.8 Å². The van der Waals surface area contributed by atoms with Crippen molar-refractivity contribution >= 4 is 35.1 Å². The van der Waals surface area contributed by atoms with E-state index >= 15 is 0 Å². The van der Waals surface area contributed by atoms with Gasteiger partial charge in [-0.05, 0) is 104 Å². The number of rotatable bonds is 5. The van der Waals surface area contributed by atoms with Gasteiger partial charge in [-0.3, -0.25) is 9.59 Å². The molecule has 2 saturated heterocycles. The second-order valence-corrected chi connectivity index (χ2v) is 13.4. The summed E-state index contributed by atoms with van der Waals surface area (Å²) in [5, 5.41) is 12.5. The molecule has 2 heterocycles. The highest BCUT2D eigenvalue weighted by Crippen LogP contribution is 2.44. The zero-order valence-electron chi connectivity index (χ0n) is 25.2. The molecule has 1 unspecified atom stereocenters. The molecule has 7 rings (SSSR count). The Morgan fingerprint density at radius 2 is 1.67 bits per heavy atom. The van der Waals surface area contributed by atoms with E-state index in [1.165, 1.54) is 5.56 Å². The zero-order chi connectivity index (χ0) is 31.1. The average Bonchev–Trinajstić information content (AvgIpc) is 3.69. The number of aryl methyl sites for hydroxylation is 1. The molecule has 8 nitrogen and oxygen atoms in total. The summed E-state index contributed by atoms with van der Waals surface area (Å²) in [6.45, 7) is 2.64. The lowest BCUT2D eigenvalue weighted by molar-refractivity contribution is 0.0658. The Kier molecular flexibility index (Phi) is 7.74. The van der Waals surface area contributed by atoms with Gasteiger partial charge >= 0.3 is 6.03 Å². The molecule has 0 aromatic heterocycles. The number of nitriles is 1. The van der Waals surface area contributed by atoms with Crippen molar-refractivity contribution in [2.45, 2.75) is 57.0 Å². The Hall–Kier alpha value is -4.35. The van der Waals surface area contributed by atoms with Crippen LogP contribution in [0, 0.1) is 16.7 Å². The maximum Gasteiger partial charge on any atom is 0.321 e. The maximum atomic E-state index is 13.9. The summed E-state index contributed by atoms with van der Waals surface area (Å²) >= 11 is 6.43. The van der Waals surface area contributed by atoms with Gasteiger partial charge < -0.3 is 20.0 Å². The fraction of sp³-hybridized carbons (Fsp3) is 0.389. The number of hydrogen-bond donors (Lipinski definition) is 1. The van der Waals surface area contributed by atoms with Gasteiger partial charge in [0, 0.05) is 43.5 Å². The Morgan fingerprint density at radius 1 is 0.911 bits per heavy atom. The lowest BCUT2D eigenvalue weighted by atomic mass is 9.78. The van der Waals surface area contributed by atoms with Crippen LogP contribution in [0.2, 0.25) is 5.02 Å². The molecule has 230 valence electrons. The molecule has 2 aliphatic heterocycles. The minimum Gasteiger partial charge on any atom is -0.338 e. The first-order valence-corrected chi connectivity index (χ1v) is 16.3. The molecule has 45 heavy (non-hydrogen) atoms. The van der Waals surface area contributed by atoms with Crippen molar-refractivity contribution < 1.29 is 14.4 Å². The van der Waals surface area contributed by atoms with Crippen LogP contribution in [0.15, 0.2) is 66.7 Å². The van der Waals surface area contributed by atoms with E-state index in [4.69, 9.17) is 16.9 Å². The summed E-state index contributed by atoms with van der Waals surface area (Å²) in [7, 11) is 0. The summed E-state index contributed by atoms with van der Waals surface area (Å²) in [6.07, 6.45) is 6.32. The molecule has 1 saturated carbocycles. The van der Waals surface area contributed by atoms with Crippen LogP contribution in [0.4, 0.5) is 10.5 Å². The van der Waals surface area contributed by atoms with Gasteiger partial charge in [0.25, 0.3) is 11.8 Å². The Bertz CT molecular complexity index is 1700. The first-order valence-electron chi connectivity index (χ1n) is 15.9. The Labute approximate surface area is 268 Å². The second kappa shape index (κ2) is 11.9. The molecule has 1 atom stereocenters. The number of halogens is 1. The average molecular weight is 622 g/mol. The summed E-state index contributed by atoms with van der Waals surface area (Å²) in [5.74, 6) is 0.00292. The Morgan fingerprint density at radius 3 is 2.40 bits per heavy atom. The normalized spacial score (nSPS) is 20.0. The van der Waals surface area contributed by atoms with Crippen molar-refractivity contribution in [1.29, 1.82) is 5.26 Å². The SMILES string of the molecule is N#Cc1cccc(NC(=O)N2CCC3(CC2)CCN(C(=O)c2ccc4c(c2)C(N(C(=O)c2ccccc2Cl)C2CC2)CC4)C3)c1. The van der Waals surface area contributed by atoms with Crippen LogP contribution in [-0.4, -0.2) is 64.8 Å². The third-order valence-electron chi connectivity index (χ3n) is 10.1. The highest BCUT2D eigenvalue weighted by molar-refractivity contribution is 6.33. The fourth-order valence-corrected chi connectivity index (χ4v) is 7.66. The van der Waals surface area contributed by atoms with Crippen LogP contribution in [-0.2, 0) is 6.42 Å². The molecule has 3 aromatic carbocycles. The molecule has 9 heteroatoms. The number of carbonyl (C=O) groups excluding carboxylic acids is 3. The first kappa shape index (κ1) is 29.4. The van der Waals surface area contributed by atoms with Crippen molar-refractivity contribution in [3.8, 4) is 6.07 Å². The molecule has 4 aliphatic rings. The summed E-state index contributed by atoms with van der Waals surface area (Å²) in [5.41, 5.74) is 4.63. The van der Waals surface area contributed by atoms with Crippen LogP contribution in [0.5, 0.6) is 0 Å². The molecular weight excluding hydrogens is 586 g/mol. The van der Waals surface area contributed by atoms with Gasteiger partial charge in [0.15, 0.2) is 0 Å². The first-order chi connectivity index (χ1) is 21.8. The van der Waals surface area contributed by atoms with E-state index in [1.807, 2.05) is 39.0 Å². The van der Waals surface area contributed by atoms with E-state index < -0.39 is 0 Å². The quantitative estimate of drug-likeness (QED) is 0.344. The van der Waals surface area contributed by atoms with Gasteiger partial charge in [-0.25, -0.2) is 4.79 Å². The van der Waals surface area contributed by atoms with Gasteiger partial charge in [-0.2, -0.15) is 5.26 Å². The van der Waals surface area contributed by atoms with Crippen LogP contribution in [0.3, 0.4) is 0 Å². The molecule has 4 amide bonds. The molecule has 0 radical (unpaired) electrons. The van der Waals surface area contributed by atoms with Crippen LogP contribution in [0.25, 0.3) is 0 Å². The van der Waals surface area contributed by atoms with Crippen LogP contribution >= 0.6 is 11.6 Å². The van der Waals surface area contributed by atoms with E-state index in [-0.39, 0.29) is 35.3 Å². The number of benzene rings is 3. The lowest BCUT2D eigenvalue weighted by Gasteiger charge is -2.39. The van der Waals surface area contributed by atoms with E-state index in [0.717, 1.165) is 50.5 Å². The maximum absolute atomic E-state index is 13.9. The summed E-state index contributed by atoms with van der Waals surface area (Å²) in [6, 6.07) is 22.3. The van der Waals surface area contributed by atoms with Gasteiger partial charge in [0.1, 0.15) is 0 Å². The molecule has 2 aliphatic carbocycles. The number of fused-ring (bicyclic) bond motifs is 1. The van der Waals surface area contributed by atoms with Crippen molar-refractivity contribution in [2.24, 2.45) is 5.41 Å². The largest absolute Gasteiger partial charge is 0.338 e. The lowest BCUT2D eigenvalue weighted by Crippen LogP contribution is -2.46. The van der Waals surface area contributed by atoms with E-state index in [9.17, 15) is 14.4 Å². The number of nitrogens with zero attached hydrogens (tertiary/aromatic N) is 4. The molecule has 3 aromatic rings. The number of likely N-dealkylation sites (tertiary alicyclic amines) is 2. The minimum atomic E-state index is -0.160. The van der Waals surface area contributed by atoms with E-state index in [1.54, 1.807) is 36.4 Å². The van der Waals surface area contributed by atoms with E-state index in [0.29, 0.717) is 53.6 Å². The van der Waals surface area contributed by atoms with Gasteiger partial charge in [0.2, 0.25) is 0 Å². The number of amides is 4. The van der Waals surface area contributed by atoms with Gasteiger partial charge in [0.05, 0.1) is 28.3 Å². The molecule has 0 bridgehead atoms. The third-order valence-corrected chi connectivity index (χ3v) is 10.5. The van der Waals surface area contributed by atoms with Crippen LogP contribution in [0.1, 0.15) is 82.0 Å². The minimum absolute atomic E-state index is 0.0105. The molecule has 1 N–H and O–H groups in total. The Balaban J connectivity index is 1.01. The summed E-state index contributed by atoms with van der Waals surface area (Å²) in [4.78, 5) is 46.3. The highest BCUT2D eigenvalue weighted by atomic mass is 35.5. The second-order valence-electron chi connectivity index (χ2n) is 13.0. The summed E-state index contributed by atoms with van der Waals surface area (Å²) < 4.78 is 0. The van der Waals surface area contributed by atoms with Crippen molar-refractivity contribution in [2.75, 3.05) is 31.5 Å². The number of carbonyl (C=O) groups is 3. The van der Waals surface area contributed by atoms with E-state index in [2.05, 4.69) is 17.5 Å². The fourth-order valence-electron chi connectivity index (χ4n) is 7.44. The number of piperidine rings is 1. The number of hydrogen-bond acceptors (Lipinski definition) is 4. The number of urea groups is 1. The molecule has 3 fully saturated rings. The van der Waals surface area contributed by atoms with Gasteiger partial charge in [-0.15, -0.1) is 0 Å². The molecular formula is C36H36ClN5O3. The van der Waals surface area contributed by atoms with Crippen molar-refractivity contribution in [1.82, 2.24) is 14.7 Å². The number of anilines is 1. The predicted octanol–water partition coefficient (Wildman–Crippen LogP) is 6.66. The van der Waals surface area contributed by atoms with Crippen molar-refractivity contribution in [3.05, 3.63) is 99.6 Å². The zero-order valence-corrected chi connectivity index (χ0v) is 25.9. The van der Waals surface area contributed by atoms with Crippen molar-refractivity contribution in [3.63, 3.8) is 0 Å². The smallest absolute Gasteiger partial charge is 0.321 e. The highest BCUT2D eigenvalue weighted by Gasteiger charge is 2.44. The monoisotopic (exact) mass is 621 g/mol. The predicted molar refractivity (Wildman–Crippen MR) is 172 cm³/mol. The molecule has 1 spiro atoms.